The molecular weight excluding hydrogens is 436 g/mol. The number of benzene rings is 1. The number of rotatable bonds is 26. The Morgan fingerprint density at radius 3 is 1.79 bits per heavy atom. The maximum atomic E-state index is 6.18. The minimum absolute atomic E-state index is 0.229. The monoisotopic (exact) mass is 492 g/mol. The fourth-order valence-corrected chi connectivity index (χ4v) is 4.90. The average Bonchev–Trinajstić information content (AvgIpc) is 2.87. The largest absolute Gasteiger partial charge is 0.379 e. The van der Waals surface area contributed by atoms with Crippen molar-refractivity contribution in [1.29, 1.82) is 0 Å². The Labute approximate surface area is 217 Å². The van der Waals surface area contributed by atoms with Gasteiger partial charge in [0.05, 0.1) is 19.3 Å². The molecule has 0 aliphatic heterocycles. The van der Waals surface area contributed by atoms with Crippen LogP contribution in [0.4, 0.5) is 0 Å². The van der Waals surface area contributed by atoms with Crippen molar-refractivity contribution in [2.24, 2.45) is 0 Å². The first kappa shape index (κ1) is 31.5. The molecule has 0 N–H and O–H groups in total. The van der Waals surface area contributed by atoms with E-state index in [1.165, 1.54) is 120 Å². The Bertz CT molecular complexity index is 507. The third-order valence-electron chi connectivity index (χ3n) is 6.65. The van der Waals surface area contributed by atoms with Gasteiger partial charge in [0.2, 0.25) is 0 Å². The molecule has 198 valence electrons. The van der Waals surface area contributed by atoms with E-state index in [0.29, 0.717) is 6.61 Å². The third-order valence-corrected chi connectivity index (χ3v) is 7.35. The van der Waals surface area contributed by atoms with Crippen LogP contribution in [0.1, 0.15) is 128 Å². The lowest BCUT2D eigenvalue weighted by Crippen LogP contribution is -2.20. The third kappa shape index (κ3) is 20.8. The zero-order valence-corrected chi connectivity index (χ0v) is 23.6. The van der Waals surface area contributed by atoms with Gasteiger partial charge >= 0.3 is 0 Å². The van der Waals surface area contributed by atoms with Crippen LogP contribution >= 0.6 is 11.8 Å². The summed E-state index contributed by atoms with van der Waals surface area (Å²) in [6.07, 6.45) is 27.0. The average molecular weight is 493 g/mol. The van der Waals surface area contributed by atoms with Crippen molar-refractivity contribution in [1.82, 2.24) is 0 Å². The number of hydrogen-bond donors (Lipinski definition) is 0. The minimum atomic E-state index is 0.229. The summed E-state index contributed by atoms with van der Waals surface area (Å²) in [5, 5.41) is 0. The quantitative estimate of drug-likeness (QED) is 0.120. The highest BCUT2D eigenvalue weighted by molar-refractivity contribution is 7.98. The second-order valence-electron chi connectivity index (χ2n) is 9.93. The molecule has 0 aliphatic carbocycles. The van der Waals surface area contributed by atoms with Gasteiger partial charge in [-0.05, 0) is 36.8 Å². The number of hydrogen-bond acceptors (Lipinski definition) is 3. The summed E-state index contributed by atoms with van der Waals surface area (Å²) in [4.78, 5) is 0. The fourth-order valence-electron chi connectivity index (χ4n) is 4.41. The molecule has 34 heavy (non-hydrogen) atoms. The molecule has 1 aromatic rings. The lowest BCUT2D eigenvalue weighted by Gasteiger charge is -2.18. The second kappa shape index (κ2) is 25.6. The fraction of sp³-hybridized carbons (Fsp3) is 0.806. The number of ether oxygens (including phenoxy) is 2. The van der Waals surface area contributed by atoms with Gasteiger partial charge in [0.1, 0.15) is 0 Å². The molecule has 0 saturated carbocycles. The van der Waals surface area contributed by atoms with Crippen LogP contribution in [0.15, 0.2) is 30.3 Å². The molecular formula is C31H56O2S. The first-order valence-electron chi connectivity index (χ1n) is 14.6. The molecule has 0 radical (unpaired) electrons. The van der Waals surface area contributed by atoms with Crippen molar-refractivity contribution in [3.05, 3.63) is 35.9 Å². The molecule has 1 atom stereocenters. The van der Waals surface area contributed by atoms with Crippen molar-refractivity contribution < 1.29 is 9.47 Å². The van der Waals surface area contributed by atoms with E-state index in [1.807, 2.05) is 11.8 Å². The molecule has 0 bridgehead atoms. The van der Waals surface area contributed by atoms with E-state index < -0.39 is 0 Å². The van der Waals surface area contributed by atoms with Gasteiger partial charge < -0.3 is 9.47 Å². The van der Waals surface area contributed by atoms with Crippen LogP contribution < -0.4 is 0 Å². The molecule has 0 amide bonds. The van der Waals surface area contributed by atoms with Crippen molar-refractivity contribution in [2.75, 3.05) is 25.2 Å². The van der Waals surface area contributed by atoms with E-state index in [4.69, 9.17) is 9.47 Å². The standard InChI is InChI=1S/C31H56O2S/c1-3-4-18-25-31(33-28-30-23-19-17-20-24-30)29-32-26-21-15-13-11-9-7-5-6-8-10-12-14-16-22-27-34-2/h17,19-20,23-24,31H,3-16,18,21-22,25-29H2,1-2H3. The topological polar surface area (TPSA) is 18.5 Å². The Balaban J connectivity index is 1.90. The Hall–Kier alpha value is -0.510. The lowest BCUT2D eigenvalue weighted by molar-refractivity contribution is -0.0302. The lowest BCUT2D eigenvalue weighted by atomic mass is 10.0. The minimum Gasteiger partial charge on any atom is -0.379 e. The number of thioether (sulfide) groups is 1. The van der Waals surface area contributed by atoms with Crippen molar-refractivity contribution >= 4 is 11.8 Å². The highest BCUT2D eigenvalue weighted by atomic mass is 32.2. The summed E-state index contributed by atoms with van der Waals surface area (Å²) < 4.78 is 12.2. The van der Waals surface area contributed by atoms with E-state index in [9.17, 15) is 0 Å². The summed E-state index contributed by atoms with van der Waals surface area (Å²) >= 11 is 1.98. The summed E-state index contributed by atoms with van der Waals surface area (Å²) in [6, 6.07) is 10.5. The van der Waals surface area contributed by atoms with Crippen molar-refractivity contribution in [3.63, 3.8) is 0 Å². The zero-order chi connectivity index (χ0) is 24.4. The Morgan fingerprint density at radius 1 is 0.676 bits per heavy atom. The van der Waals surface area contributed by atoms with E-state index in [1.54, 1.807) is 0 Å². The van der Waals surface area contributed by atoms with Crippen molar-refractivity contribution in [3.8, 4) is 0 Å². The maximum Gasteiger partial charge on any atom is 0.0813 e. The van der Waals surface area contributed by atoms with Crippen LogP contribution in [-0.2, 0) is 16.1 Å². The van der Waals surface area contributed by atoms with E-state index in [2.05, 4.69) is 43.5 Å². The van der Waals surface area contributed by atoms with Crippen LogP contribution in [-0.4, -0.2) is 31.3 Å². The van der Waals surface area contributed by atoms with Crippen LogP contribution in [0.2, 0.25) is 0 Å². The highest BCUT2D eigenvalue weighted by Crippen LogP contribution is 2.14. The molecule has 0 spiro atoms. The summed E-state index contributed by atoms with van der Waals surface area (Å²) in [5.41, 5.74) is 1.25. The van der Waals surface area contributed by atoms with Gasteiger partial charge in [-0.2, -0.15) is 11.8 Å². The van der Waals surface area contributed by atoms with Gasteiger partial charge in [-0.25, -0.2) is 0 Å². The highest BCUT2D eigenvalue weighted by Gasteiger charge is 2.10. The smallest absolute Gasteiger partial charge is 0.0813 e. The summed E-state index contributed by atoms with van der Waals surface area (Å²) in [7, 11) is 0. The van der Waals surface area contributed by atoms with Gasteiger partial charge in [-0.15, -0.1) is 0 Å². The maximum absolute atomic E-state index is 6.18. The molecule has 0 saturated heterocycles. The molecule has 0 heterocycles. The van der Waals surface area contributed by atoms with Gasteiger partial charge in [0.25, 0.3) is 0 Å². The molecule has 1 unspecified atom stereocenters. The molecule has 3 heteroatoms. The Morgan fingerprint density at radius 2 is 1.24 bits per heavy atom. The van der Waals surface area contributed by atoms with Gasteiger partial charge in [0.15, 0.2) is 0 Å². The molecule has 0 fully saturated rings. The van der Waals surface area contributed by atoms with Crippen LogP contribution in [0.25, 0.3) is 0 Å². The predicted molar refractivity (Wildman–Crippen MR) is 153 cm³/mol. The molecule has 0 aromatic heterocycles. The van der Waals surface area contributed by atoms with Gasteiger partial charge in [-0.3, -0.25) is 0 Å². The second-order valence-corrected chi connectivity index (χ2v) is 10.9. The molecule has 1 aromatic carbocycles. The zero-order valence-electron chi connectivity index (χ0n) is 22.7. The first-order chi connectivity index (χ1) is 16.9. The Kier molecular flexibility index (Phi) is 23.7. The van der Waals surface area contributed by atoms with Crippen molar-refractivity contribution in [2.45, 2.75) is 135 Å². The van der Waals surface area contributed by atoms with E-state index in [0.717, 1.165) is 19.6 Å². The summed E-state index contributed by atoms with van der Waals surface area (Å²) in [5.74, 6) is 1.34. The molecule has 2 nitrogen and oxygen atoms in total. The van der Waals surface area contributed by atoms with E-state index >= 15 is 0 Å². The van der Waals surface area contributed by atoms with Gasteiger partial charge in [-0.1, -0.05) is 134 Å². The van der Waals surface area contributed by atoms with Gasteiger partial charge in [0, 0.05) is 6.61 Å². The molecule has 1 rings (SSSR count). The normalized spacial score (nSPS) is 12.3. The van der Waals surface area contributed by atoms with E-state index in [-0.39, 0.29) is 6.10 Å². The van der Waals surface area contributed by atoms with Crippen LogP contribution in [0.5, 0.6) is 0 Å². The number of unbranched alkanes of at least 4 members (excludes halogenated alkanes) is 15. The SMILES string of the molecule is CCCCCC(COCCCCCCCCCCCCCCCCSC)OCc1ccccc1. The van der Waals surface area contributed by atoms with Crippen LogP contribution in [0, 0.1) is 0 Å². The van der Waals surface area contributed by atoms with Crippen LogP contribution in [0.3, 0.4) is 0 Å². The first-order valence-corrected chi connectivity index (χ1v) is 16.0. The summed E-state index contributed by atoms with van der Waals surface area (Å²) in [6.45, 7) is 4.58. The molecule has 0 aliphatic rings. The predicted octanol–water partition coefficient (Wildman–Crippen LogP) is 9.99.